The second-order valence-corrected chi connectivity index (χ2v) is 6.30. The van der Waals surface area contributed by atoms with Crippen molar-refractivity contribution in [3.63, 3.8) is 0 Å². The number of amides is 2. The summed E-state index contributed by atoms with van der Waals surface area (Å²) >= 11 is 0. The molecular formula is C16H24N2O2. The van der Waals surface area contributed by atoms with Gasteiger partial charge in [0, 0.05) is 38.5 Å². The molecule has 110 valence electrons. The van der Waals surface area contributed by atoms with Crippen molar-refractivity contribution in [3.8, 4) is 0 Å². The topological polar surface area (TPSA) is 40.6 Å². The quantitative estimate of drug-likeness (QED) is 0.738. The van der Waals surface area contributed by atoms with Crippen LogP contribution in [0.4, 0.5) is 0 Å². The van der Waals surface area contributed by atoms with E-state index in [2.05, 4.69) is 12.2 Å². The summed E-state index contributed by atoms with van der Waals surface area (Å²) in [7, 11) is 0. The molecule has 0 unspecified atom stereocenters. The molecule has 0 spiro atoms. The number of hydrogen-bond acceptors (Lipinski definition) is 2. The molecule has 1 saturated carbocycles. The molecule has 2 aliphatic carbocycles. The van der Waals surface area contributed by atoms with Crippen molar-refractivity contribution in [2.75, 3.05) is 26.2 Å². The minimum absolute atomic E-state index is 0.266. The Kier molecular flexibility index (Phi) is 4.08. The number of rotatable bonds is 3. The van der Waals surface area contributed by atoms with Gasteiger partial charge in [-0.3, -0.25) is 9.59 Å². The highest BCUT2D eigenvalue weighted by molar-refractivity contribution is 5.81. The van der Waals surface area contributed by atoms with Crippen molar-refractivity contribution in [2.45, 2.75) is 38.5 Å². The molecule has 4 nitrogen and oxygen atoms in total. The van der Waals surface area contributed by atoms with Gasteiger partial charge < -0.3 is 9.80 Å². The molecule has 1 saturated heterocycles. The van der Waals surface area contributed by atoms with E-state index < -0.39 is 0 Å². The van der Waals surface area contributed by atoms with Gasteiger partial charge in [0.2, 0.25) is 11.8 Å². The lowest BCUT2D eigenvalue weighted by Crippen LogP contribution is -2.38. The zero-order chi connectivity index (χ0) is 13.9. The van der Waals surface area contributed by atoms with Crippen LogP contribution in [-0.4, -0.2) is 47.8 Å². The van der Waals surface area contributed by atoms with E-state index in [4.69, 9.17) is 0 Å². The smallest absolute Gasteiger partial charge is 0.225 e. The highest BCUT2D eigenvalue weighted by Gasteiger charge is 2.34. The van der Waals surface area contributed by atoms with Crippen LogP contribution < -0.4 is 0 Å². The number of nitrogens with zero attached hydrogens (tertiary/aromatic N) is 2. The van der Waals surface area contributed by atoms with Crippen molar-refractivity contribution in [2.24, 2.45) is 11.8 Å². The SMILES string of the molecule is O=C(C[C@H]1C=CCC1)N1CCCN(C(=O)C2CC2)CC1. The predicted octanol–water partition coefficient (Wildman–Crippen LogP) is 1.81. The standard InChI is InChI=1S/C16H24N2O2/c19-15(12-13-4-1-2-5-13)17-8-3-9-18(11-10-17)16(20)14-6-7-14/h1,4,13-14H,2-3,5-12H2/t13-/m0/s1. The summed E-state index contributed by atoms with van der Waals surface area (Å²) in [6, 6.07) is 0. The fourth-order valence-electron chi connectivity index (χ4n) is 3.19. The first-order chi connectivity index (χ1) is 9.74. The van der Waals surface area contributed by atoms with Crippen LogP contribution in [0.15, 0.2) is 12.2 Å². The Morgan fingerprint density at radius 2 is 1.75 bits per heavy atom. The van der Waals surface area contributed by atoms with Gasteiger partial charge in [0.25, 0.3) is 0 Å². The number of carbonyl (C=O) groups excluding carboxylic acids is 2. The van der Waals surface area contributed by atoms with Crippen LogP contribution in [0.25, 0.3) is 0 Å². The largest absolute Gasteiger partial charge is 0.341 e. The van der Waals surface area contributed by atoms with Gasteiger partial charge in [0.1, 0.15) is 0 Å². The zero-order valence-electron chi connectivity index (χ0n) is 12.1. The first kappa shape index (κ1) is 13.7. The molecule has 2 amide bonds. The Morgan fingerprint density at radius 1 is 1.00 bits per heavy atom. The summed E-state index contributed by atoms with van der Waals surface area (Å²) in [5.74, 6) is 1.32. The summed E-state index contributed by atoms with van der Waals surface area (Å²) in [4.78, 5) is 28.3. The summed E-state index contributed by atoms with van der Waals surface area (Å²) in [6.07, 6.45) is 10.3. The lowest BCUT2D eigenvalue weighted by atomic mass is 10.0. The second kappa shape index (κ2) is 5.98. The van der Waals surface area contributed by atoms with Crippen molar-refractivity contribution in [1.82, 2.24) is 9.80 Å². The van der Waals surface area contributed by atoms with E-state index in [1.165, 1.54) is 0 Å². The fourth-order valence-corrected chi connectivity index (χ4v) is 3.19. The Morgan fingerprint density at radius 3 is 2.45 bits per heavy atom. The highest BCUT2D eigenvalue weighted by Crippen LogP contribution is 2.31. The van der Waals surface area contributed by atoms with Crippen LogP contribution >= 0.6 is 0 Å². The molecule has 3 rings (SSSR count). The van der Waals surface area contributed by atoms with Crippen LogP contribution in [0.5, 0.6) is 0 Å². The van der Waals surface area contributed by atoms with Crippen molar-refractivity contribution in [1.29, 1.82) is 0 Å². The summed E-state index contributed by atoms with van der Waals surface area (Å²) < 4.78 is 0. The first-order valence-electron chi connectivity index (χ1n) is 7.97. The Hall–Kier alpha value is -1.32. The number of carbonyl (C=O) groups is 2. The van der Waals surface area contributed by atoms with Gasteiger partial charge in [-0.1, -0.05) is 12.2 Å². The predicted molar refractivity (Wildman–Crippen MR) is 77.0 cm³/mol. The van der Waals surface area contributed by atoms with Crippen molar-refractivity contribution in [3.05, 3.63) is 12.2 Å². The molecular weight excluding hydrogens is 252 g/mol. The van der Waals surface area contributed by atoms with E-state index >= 15 is 0 Å². The normalized spacial score (nSPS) is 26.7. The average molecular weight is 276 g/mol. The molecule has 0 radical (unpaired) electrons. The van der Waals surface area contributed by atoms with Crippen molar-refractivity contribution < 1.29 is 9.59 Å². The highest BCUT2D eigenvalue weighted by atomic mass is 16.2. The number of allylic oxidation sites excluding steroid dienone is 2. The molecule has 1 aliphatic heterocycles. The summed E-state index contributed by atoms with van der Waals surface area (Å²) in [6.45, 7) is 3.07. The van der Waals surface area contributed by atoms with Gasteiger partial charge in [0.05, 0.1) is 0 Å². The third-order valence-electron chi connectivity index (χ3n) is 4.64. The molecule has 3 aliphatic rings. The van der Waals surface area contributed by atoms with Crippen LogP contribution in [0, 0.1) is 11.8 Å². The third kappa shape index (κ3) is 3.22. The maximum absolute atomic E-state index is 12.3. The molecule has 0 aromatic heterocycles. The minimum Gasteiger partial charge on any atom is -0.341 e. The molecule has 2 fully saturated rings. The second-order valence-electron chi connectivity index (χ2n) is 6.30. The molecule has 0 aromatic rings. The lowest BCUT2D eigenvalue weighted by Gasteiger charge is -2.23. The zero-order valence-corrected chi connectivity index (χ0v) is 12.1. The monoisotopic (exact) mass is 276 g/mol. The van der Waals surface area contributed by atoms with E-state index in [1.54, 1.807) is 0 Å². The minimum atomic E-state index is 0.266. The van der Waals surface area contributed by atoms with Gasteiger partial charge in [-0.2, -0.15) is 0 Å². The van der Waals surface area contributed by atoms with E-state index in [-0.39, 0.29) is 5.91 Å². The molecule has 0 bridgehead atoms. The Bertz CT molecular complexity index is 415. The van der Waals surface area contributed by atoms with Gasteiger partial charge in [0.15, 0.2) is 0 Å². The average Bonchev–Trinajstić information content (AvgIpc) is 3.22. The van der Waals surface area contributed by atoms with Gasteiger partial charge in [-0.15, -0.1) is 0 Å². The lowest BCUT2D eigenvalue weighted by molar-refractivity contribution is -0.134. The molecule has 4 heteroatoms. The van der Waals surface area contributed by atoms with E-state index in [1.807, 2.05) is 9.80 Å². The first-order valence-corrected chi connectivity index (χ1v) is 7.97. The van der Waals surface area contributed by atoms with Gasteiger partial charge in [-0.25, -0.2) is 0 Å². The molecule has 1 atom stereocenters. The van der Waals surface area contributed by atoms with Crippen LogP contribution in [0.3, 0.4) is 0 Å². The van der Waals surface area contributed by atoms with Gasteiger partial charge >= 0.3 is 0 Å². The Balaban J connectivity index is 1.49. The fraction of sp³-hybridized carbons (Fsp3) is 0.750. The van der Waals surface area contributed by atoms with Crippen LogP contribution in [0.1, 0.15) is 38.5 Å². The van der Waals surface area contributed by atoms with E-state index in [9.17, 15) is 9.59 Å². The molecule has 0 aromatic carbocycles. The van der Waals surface area contributed by atoms with E-state index in [0.717, 1.165) is 51.7 Å². The molecule has 20 heavy (non-hydrogen) atoms. The van der Waals surface area contributed by atoms with Crippen LogP contribution in [0.2, 0.25) is 0 Å². The Labute approximate surface area is 120 Å². The maximum Gasteiger partial charge on any atom is 0.225 e. The molecule has 0 N–H and O–H groups in total. The number of hydrogen-bond donors (Lipinski definition) is 0. The van der Waals surface area contributed by atoms with Gasteiger partial charge in [-0.05, 0) is 38.0 Å². The summed E-state index contributed by atoms with van der Waals surface area (Å²) in [5, 5.41) is 0. The summed E-state index contributed by atoms with van der Waals surface area (Å²) in [5.41, 5.74) is 0. The maximum atomic E-state index is 12.3. The van der Waals surface area contributed by atoms with Crippen molar-refractivity contribution >= 4 is 11.8 Å². The molecule has 1 heterocycles. The van der Waals surface area contributed by atoms with Crippen LogP contribution in [-0.2, 0) is 9.59 Å². The van der Waals surface area contributed by atoms with E-state index in [0.29, 0.717) is 30.7 Å². The third-order valence-corrected chi connectivity index (χ3v) is 4.64.